The summed E-state index contributed by atoms with van der Waals surface area (Å²) in [6.45, 7) is 5.65. The summed E-state index contributed by atoms with van der Waals surface area (Å²) in [5.74, 6) is -1.62. The molecule has 0 amide bonds. The van der Waals surface area contributed by atoms with Crippen LogP contribution in [-0.2, 0) is 9.53 Å². The summed E-state index contributed by atoms with van der Waals surface area (Å²) in [5, 5.41) is 10.4. The number of carbonyl (C=O) groups excluding carboxylic acids is 1. The number of halogens is 2. The fourth-order valence-corrected chi connectivity index (χ4v) is 2.52. The van der Waals surface area contributed by atoms with E-state index in [0.717, 1.165) is 0 Å². The van der Waals surface area contributed by atoms with Gasteiger partial charge in [-0.3, -0.25) is 4.79 Å². The second-order valence-electron chi connectivity index (χ2n) is 4.63. The lowest BCUT2D eigenvalue weighted by Crippen LogP contribution is -2.29. The standard InChI is InChI=1S/C14H18BrFO3/c1-4-19-14(18)12(8(2)3)13(17)10-6-5-9(16)7-11(10)15/h5-8,12-13,17H,4H2,1-3H3. The third-order valence-corrected chi connectivity index (χ3v) is 3.59. The zero-order valence-corrected chi connectivity index (χ0v) is 12.8. The SMILES string of the molecule is CCOC(=O)C(C(C)C)C(O)c1ccc(F)cc1Br. The van der Waals surface area contributed by atoms with Crippen molar-refractivity contribution in [2.75, 3.05) is 6.61 Å². The molecule has 19 heavy (non-hydrogen) atoms. The maximum Gasteiger partial charge on any atom is 0.312 e. The van der Waals surface area contributed by atoms with Gasteiger partial charge in [0.15, 0.2) is 0 Å². The molecule has 2 unspecified atom stereocenters. The number of esters is 1. The molecule has 2 atom stereocenters. The molecule has 0 saturated carbocycles. The molecule has 0 aliphatic rings. The molecule has 0 aromatic heterocycles. The van der Waals surface area contributed by atoms with Gasteiger partial charge in [0.2, 0.25) is 0 Å². The average Bonchev–Trinajstić information content (AvgIpc) is 2.28. The number of aliphatic hydroxyl groups excluding tert-OH is 1. The Balaban J connectivity index is 3.05. The first-order valence-electron chi connectivity index (χ1n) is 6.18. The fourth-order valence-electron chi connectivity index (χ4n) is 1.94. The van der Waals surface area contributed by atoms with E-state index in [1.807, 2.05) is 13.8 Å². The van der Waals surface area contributed by atoms with Gasteiger partial charge in [-0.15, -0.1) is 0 Å². The molecule has 1 aromatic rings. The maximum atomic E-state index is 13.0. The van der Waals surface area contributed by atoms with Crippen LogP contribution < -0.4 is 0 Å². The Morgan fingerprint density at radius 2 is 2.11 bits per heavy atom. The van der Waals surface area contributed by atoms with Gasteiger partial charge in [-0.25, -0.2) is 4.39 Å². The Bertz CT molecular complexity index is 448. The molecule has 5 heteroatoms. The molecule has 0 radical (unpaired) electrons. The van der Waals surface area contributed by atoms with Crippen LogP contribution >= 0.6 is 15.9 Å². The monoisotopic (exact) mass is 332 g/mol. The summed E-state index contributed by atoms with van der Waals surface area (Å²) in [4.78, 5) is 11.9. The number of benzene rings is 1. The van der Waals surface area contributed by atoms with Gasteiger partial charge in [0.1, 0.15) is 5.82 Å². The Morgan fingerprint density at radius 3 is 2.58 bits per heavy atom. The molecule has 0 aliphatic carbocycles. The largest absolute Gasteiger partial charge is 0.466 e. The van der Waals surface area contributed by atoms with E-state index >= 15 is 0 Å². The molecule has 0 aliphatic heterocycles. The van der Waals surface area contributed by atoms with Gasteiger partial charge in [-0.05, 0) is 30.5 Å². The van der Waals surface area contributed by atoms with Crippen LogP contribution in [0.4, 0.5) is 4.39 Å². The Hall–Kier alpha value is -0.940. The van der Waals surface area contributed by atoms with Gasteiger partial charge in [0.25, 0.3) is 0 Å². The first-order valence-corrected chi connectivity index (χ1v) is 6.97. The minimum atomic E-state index is -1.03. The predicted octanol–water partition coefficient (Wildman–Crippen LogP) is 3.46. The minimum absolute atomic E-state index is 0.0917. The molecule has 1 N–H and O–H groups in total. The van der Waals surface area contributed by atoms with Crippen molar-refractivity contribution in [3.8, 4) is 0 Å². The normalized spacial score (nSPS) is 14.3. The topological polar surface area (TPSA) is 46.5 Å². The first kappa shape index (κ1) is 16.1. The molecular formula is C14H18BrFO3. The highest BCUT2D eigenvalue weighted by molar-refractivity contribution is 9.10. The zero-order chi connectivity index (χ0) is 14.6. The van der Waals surface area contributed by atoms with E-state index in [2.05, 4.69) is 15.9 Å². The predicted molar refractivity (Wildman–Crippen MR) is 74.0 cm³/mol. The molecule has 0 saturated heterocycles. The molecule has 0 bridgehead atoms. The number of ether oxygens (including phenoxy) is 1. The number of aliphatic hydroxyl groups is 1. The summed E-state index contributed by atoms with van der Waals surface area (Å²) in [5.41, 5.74) is 0.480. The molecule has 0 fully saturated rings. The van der Waals surface area contributed by atoms with Crippen LogP contribution in [0.3, 0.4) is 0 Å². The number of rotatable bonds is 5. The van der Waals surface area contributed by atoms with Gasteiger partial charge < -0.3 is 9.84 Å². The zero-order valence-electron chi connectivity index (χ0n) is 11.2. The van der Waals surface area contributed by atoms with Crippen LogP contribution in [0.5, 0.6) is 0 Å². The molecule has 106 valence electrons. The van der Waals surface area contributed by atoms with Crippen molar-refractivity contribution in [3.05, 3.63) is 34.1 Å². The van der Waals surface area contributed by atoms with E-state index in [-0.39, 0.29) is 12.5 Å². The van der Waals surface area contributed by atoms with E-state index in [0.29, 0.717) is 10.0 Å². The molecular weight excluding hydrogens is 315 g/mol. The third kappa shape index (κ3) is 4.01. The van der Waals surface area contributed by atoms with Crippen molar-refractivity contribution in [3.63, 3.8) is 0 Å². The van der Waals surface area contributed by atoms with E-state index in [1.165, 1.54) is 18.2 Å². The van der Waals surface area contributed by atoms with Gasteiger partial charge in [-0.2, -0.15) is 0 Å². The highest BCUT2D eigenvalue weighted by Gasteiger charge is 2.33. The van der Waals surface area contributed by atoms with Crippen molar-refractivity contribution in [2.45, 2.75) is 26.9 Å². The van der Waals surface area contributed by atoms with Crippen LogP contribution in [0.15, 0.2) is 22.7 Å². The van der Waals surface area contributed by atoms with Gasteiger partial charge in [0, 0.05) is 4.47 Å². The van der Waals surface area contributed by atoms with Crippen molar-refractivity contribution in [1.29, 1.82) is 0 Å². The van der Waals surface area contributed by atoms with Crippen LogP contribution in [0, 0.1) is 17.7 Å². The Labute approximate surface area is 120 Å². The first-order chi connectivity index (χ1) is 8.88. The Kier molecular flexibility index (Phi) is 5.94. The summed E-state index contributed by atoms with van der Waals surface area (Å²) >= 11 is 3.20. The van der Waals surface area contributed by atoms with Crippen LogP contribution in [0.1, 0.15) is 32.4 Å². The Morgan fingerprint density at radius 1 is 1.47 bits per heavy atom. The summed E-state index contributed by atoms with van der Waals surface area (Å²) in [7, 11) is 0. The quantitative estimate of drug-likeness (QED) is 0.840. The highest BCUT2D eigenvalue weighted by atomic mass is 79.9. The van der Waals surface area contributed by atoms with Crippen molar-refractivity contribution in [2.24, 2.45) is 11.8 Å². The van der Waals surface area contributed by atoms with Gasteiger partial charge in [-0.1, -0.05) is 35.8 Å². The highest BCUT2D eigenvalue weighted by Crippen LogP contribution is 2.33. The lowest BCUT2D eigenvalue weighted by atomic mass is 9.86. The van der Waals surface area contributed by atoms with E-state index in [1.54, 1.807) is 6.92 Å². The van der Waals surface area contributed by atoms with Crippen molar-refractivity contribution >= 4 is 21.9 Å². The number of carbonyl (C=O) groups is 1. The van der Waals surface area contributed by atoms with Crippen LogP contribution in [0.2, 0.25) is 0 Å². The van der Waals surface area contributed by atoms with Crippen LogP contribution in [0.25, 0.3) is 0 Å². The smallest absolute Gasteiger partial charge is 0.312 e. The lowest BCUT2D eigenvalue weighted by Gasteiger charge is -2.25. The molecule has 3 nitrogen and oxygen atoms in total. The van der Waals surface area contributed by atoms with E-state index < -0.39 is 23.8 Å². The maximum absolute atomic E-state index is 13.0. The van der Waals surface area contributed by atoms with Crippen molar-refractivity contribution < 1.29 is 19.0 Å². The molecule has 0 heterocycles. The summed E-state index contributed by atoms with van der Waals surface area (Å²) in [6, 6.07) is 3.99. The minimum Gasteiger partial charge on any atom is -0.466 e. The summed E-state index contributed by atoms with van der Waals surface area (Å²) in [6.07, 6.45) is -1.03. The lowest BCUT2D eigenvalue weighted by molar-refractivity contribution is -0.154. The number of hydrogen-bond acceptors (Lipinski definition) is 3. The average molecular weight is 333 g/mol. The summed E-state index contributed by atoms with van der Waals surface area (Å²) < 4.78 is 18.5. The van der Waals surface area contributed by atoms with Crippen LogP contribution in [-0.4, -0.2) is 17.7 Å². The molecule has 1 rings (SSSR count). The number of hydrogen-bond donors (Lipinski definition) is 1. The van der Waals surface area contributed by atoms with E-state index in [9.17, 15) is 14.3 Å². The fraction of sp³-hybridized carbons (Fsp3) is 0.500. The molecule has 1 aromatic carbocycles. The second kappa shape index (κ2) is 7.01. The van der Waals surface area contributed by atoms with Gasteiger partial charge in [0.05, 0.1) is 18.6 Å². The second-order valence-corrected chi connectivity index (χ2v) is 5.49. The third-order valence-electron chi connectivity index (χ3n) is 2.90. The van der Waals surface area contributed by atoms with E-state index in [4.69, 9.17) is 4.74 Å². The van der Waals surface area contributed by atoms with Gasteiger partial charge >= 0.3 is 5.97 Å². The van der Waals surface area contributed by atoms with Crippen molar-refractivity contribution in [1.82, 2.24) is 0 Å². The molecule has 0 spiro atoms.